The molecule has 2 aliphatic carbocycles. The first-order chi connectivity index (χ1) is 11.7. The molecule has 2 bridgehead atoms. The molecule has 4 atom stereocenters. The summed E-state index contributed by atoms with van der Waals surface area (Å²) < 4.78 is 0. The Balaban J connectivity index is 1.46. The zero-order chi connectivity index (χ0) is 16.5. The Morgan fingerprint density at radius 2 is 1.96 bits per heavy atom. The van der Waals surface area contributed by atoms with Crippen molar-refractivity contribution >= 4 is 11.8 Å². The smallest absolute Gasteiger partial charge is 0.242 e. The minimum absolute atomic E-state index is 0.0779. The molecule has 3 aliphatic heterocycles. The van der Waals surface area contributed by atoms with Gasteiger partial charge in [0.2, 0.25) is 11.8 Å². The first-order valence-corrected chi connectivity index (χ1v) is 10.0. The van der Waals surface area contributed by atoms with Gasteiger partial charge in [-0.3, -0.25) is 9.59 Å². The molecule has 5 heteroatoms. The van der Waals surface area contributed by atoms with Gasteiger partial charge in [-0.2, -0.15) is 0 Å². The summed E-state index contributed by atoms with van der Waals surface area (Å²) in [5.41, 5.74) is 0. The van der Waals surface area contributed by atoms with Gasteiger partial charge in [0.1, 0.15) is 6.04 Å². The molecule has 5 rings (SSSR count). The zero-order valence-electron chi connectivity index (χ0n) is 14.6. The number of rotatable bonds is 3. The fourth-order valence-electron chi connectivity index (χ4n) is 5.44. The van der Waals surface area contributed by atoms with Crippen LogP contribution in [0.5, 0.6) is 0 Å². The molecular weight excluding hydrogens is 302 g/mol. The molecule has 4 unspecified atom stereocenters. The highest BCUT2D eigenvalue weighted by Crippen LogP contribution is 2.36. The van der Waals surface area contributed by atoms with Crippen LogP contribution in [0.1, 0.15) is 57.8 Å². The summed E-state index contributed by atoms with van der Waals surface area (Å²) in [5, 5.41) is 6.54. The predicted molar refractivity (Wildman–Crippen MR) is 92.3 cm³/mol. The van der Waals surface area contributed by atoms with Gasteiger partial charge in [0, 0.05) is 19.1 Å². The molecule has 0 spiro atoms. The van der Waals surface area contributed by atoms with Crippen molar-refractivity contribution in [2.24, 2.45) is 17.8 Å². The van der Waals surface area contributed by atoms with E-state index in [1.165, 1.54) is 38.5 Å². The Morgan fingerprint density at radius 3 is 2.62 bits per heavy atom. The van der Waals surface area contributed by atoms with E-state index in [-0.39, 0.29) is 23.8 Å². The number of hydrogen-bond acceptors (Lipinski definition) is 3. The van der Waals surface area contributed by atoms with Crippen LogP contribution in [0.4, 0.5) is 0 Å². The van der Waals surface area contributed by atoms with Crippen LogP contribution >= 0.6 is 0 Å². The van der Waals surface area contributed by atoms with Crippen LogP contribution < -0.4 is 10.6 Å². The van der Waals surface area contributed by atoms with Gasteiger partial charge in [0.25, 0.3) is 0 Å². The monoisotopic (exact) mass is 333 g/mol. The summed E-state index contributed by atoms with van der Waals surface area (Å²) in [7, 11) is 0. The van der Waals surface area contributed by atoms with Crippen LogP contribution in [0.25, 0.3) is 0 Å². The van der Waals surface area contributed by atoms with E-state index in [9.17, 15) is 9.59 Å². The number of hydrogen-bond donors (Lipinski definition) is 2. The number of amides is 2. The fourth-order valence-corrected chi connectivity index (χ4v) is 5.44. The Morgan fingerprint density at radius 1 is 1.12 bits per heavy atom. The van der Waals surface area contributed by atoms with Crippen molar-refractivity contribution in [2.75, 3.05) is 19.6 Å². The number of nitrogens with one attached hydrogen (secondary N) is 2. The molecule has 24 heavy (non-hydrogen) atoms. The van der Waals surface area contributed by atoms with Crippen LogP contribution in [0, 0.1) is 17.8 Å². The van der Waals surface area contributed by atoms with Gasteiger partial charge in [-0.25, -0.2) is 0 Å². The van der Waals surface area contributed by atoms with E-state index in [0.29, 0.717) is 31.0 Å². The van der Waals surface area contributed by atoms with Gasteiger partial charge in [0.05, 0.1) is 5.92 Å². The summed E-state index contributed by atoms with van der Waals surface area (Å²) in [4.78, 5) is 27.7. The van der Waals surface area contributed by atoms with Crippen LogP contribution in [0.15, 0.2) is 0 Å². The van der Waals surface area contributed by atoms with E-state index < -0.39 is 0 Å². The van der Waals surface area contributed by atoms with E-state index in [1.54, 1.807) is 0 Å². The van der Waals surface area contributed by atoms with Crippen LogP contribution in [-0.2, 0) is 9.59 Å². The minimum Gasteiger partial charge on any atom is -0.353 e. The molecule has 0 aromatic carbocycles. The molecule has 0 aromatic heterocycles. The van der Waals surface area contributed by atoms with Gasteiger partial charge in [-0.1, -0.05) is 32.1 Å². The number of carbonyl (C=O) groups is 2. The van der Waals surface area contributed by atoms with Crippen molar-refractivity contribution in [3.63, 3.8) is 0 Å². The molecule has 3 saturated heterocycles. The zero-order valence-corrected chi connectivity index (χ0v) is 14.6. The van der Waals surface area contributed by atoms with Gasteiger partial charge >= 0.3 is 0 Å². The lowest BCUT2D eigenvalue weighted by Crippen LogP contribution is -2.62. The van der Waals surface area contributed by atoms with E-state index in [1.807, 2.05) is 4.90 Å². The second kappa shape index (κ2) is 7.03. The summed E-state index contributed by atoms with van der Waals surface area (Å²) in [6.45, 7) is 2.37. The van der Waals surface area contributed by atoms with Crippen molar-refractivity contribution in [1.82, 2.24) is 15.5 Å². The lowest BCUT2D eigenvalue weighted by Gasteiger charge is -2.46. The summed E-state index contributed by atoms with van der Waals surface area (Å²) >= 11 is 0. The highest BCUT2D eigenvalue weighted by Gasteiger charge is 2.44. The second-order valence-corrected chi connectivity index (χ2v) is 8.38. The van der Waals surface area contributed by atoms with Crippen LogP contribution in [0.3, 0.4) is 0 Å². The molecule has 2 N–H and O–H groups in total. The Labute approximate surface area is 144 Å². The number of nitrogens with zero attached hydrogens (tertiary/aromatic N) is 1. The molecule has 5 nitrogen and oxygen atoms in total. The van der Waals surface area contributed by atoms with E-state index >= 15 is 0 Å². The van der Waals surface area contributed by atoms with Crippen molar-refractivity contribution in [3.8, 4) is 0 Å². The number of fused-ring (bicyclic) bond motifs is 3. The molecule has 5 fully saturated rings. The largest absolute Gasteiger partial charge is 0.353 e. The van der Waals surface area contributed by atoms with Gasteiger partial charge in [-0.05, 0) is 44.1 Å². The maximum absolute atomic E-state index is 13.2. The van der Waals surface area contributed by atoms with Crippen molar-refractivity contribution in [3.05, 3.63) is 0 Å². The van der Waals surface area contributed by atoms with Crippen molar-refractivity contribution in [1.29, 1.82) is 0 Å². The van der Waals surface area contributed by atoms with E-state index in [0.717, 1.165) is 25.8 Å². The molecule has 3 heterocycles. The van der Waals surface area contributed by atoms with Crippen molar-refractivity contribution < 1.29 is 9.59 Å². The van der Waals surface area contributed by atoms with Crippen LogP contribution in [0.2, 0.25) is 0 Å². The predicted octanol–water partition coefficient (Wildman–Crippen LogP) is 1.67. The number of piperazine rings is 1. The Hall–Kier alpha value is -1.10. The first-order valence-electron chi connectivity index (χ1n) is 10.0. The maximum atomic E-state index is 13.2. The molecule has 2 amide bonds. The average molecular weight is 333 g/mol. The topological polar surface area (TPSA) is 61.4 Å². The summed E-state index contributed by atoms with van der Waals surface area (Å²) in [6.07, 6.45) is 10.6. The standard InChI is InChI=1S/C19H31N3O2/c23-18-17(11-13-4-2-1-3-5-13)22(9-8-20-18)19(24)15-10-14-6-7-16(15)21-12-14/h13-17,21H,1-12H2,(H,20,23). The lowest BCUT2D eigenvalue weighted by atomic mass is 9.73. The van der Waals surface area contributed by atoms with Gasteiger partial charge in [0.15, 0.2) is 0 Å². The first kappa shape index (κ1) is 16.4. The third-order valence-corrected chi connectivity index (χ3v) is 6.84. The summed E-state index contributed by atoms with van der Waals surface area (Å²) in [5.74, 6) is 1.68. The molecule has 2 saturated carbocycles. The van der Waals surface area contributed by atoms with Crippen molar-refractivity contribution in [2.45, 2.75) is 69.9 Å². The van der Waals surface area contributed by atoms with Crippen LogP contribution in [-0.4, -0.2) is 48.4 Å². The third-order valence-electron chi connectivity index (χ3n) is 6.84. The molecule has 134 valence electrons. The molecular formula is C19H31N3O2. The second-order valence-electron chi connectivity index (χ2n) is 8.38. The van der Waals surface area contributed by atoms with E-state index in [4.69, 9.17) is 0 Å². The third kappa shape index (κ3) is 3.19. The van der Waals surface area contributed by atoms with Gasteiger partial charge < -0.3 is 15.5 Å². The highest BCUT2D eigenvalue weighted by molar-refractivity contribution is 5.90. The van der Waals surface area contributed by atoms with Gasteiger partial charge in [-0.15, -0.1) is 0 Å². The molecule has 5 aliphatic rings. The number of carbonyl (C=O) groups excluding carboxylic acids is 2. The fraction of sp³-hybridized carbons (Fsp3) is 0.895. The lowest BCUT2D eigenvalue weighted by molar-refractivity contribution is -0.149. The quantitative estimate of drug-likeness (QED) is 0.826. The molecule has 0 radical (unpaired) electrons. The maximum Gasteiger partial charge on any atom is 0.242 e. The van der Waals surface area contributed by atoms with E-state index in [2.05, 4.69) is 10.6 Å². The average Bonchev–Trinajstić information content (AvgIpc) is 2.64. The number of piperidine rings is 2. The Bertz CT molecular complexity index is 481. The SMILES string of the molecule is O=C1NCCN(C(=O)C2CC3CCC2NC3)C1CC1CCCCC1. The molecule has 0 aromatic rings. The highest BCUT2D eigenvalue weighted by atomic mass is 16.2. The summed E-state index contributed by atoms with van der Waals surface area (Å²) in [6, 6.07) is 0.109. The minimum atomic E-state index is -0.227. The Kier molecular flexibility index (Phi) is 4.79. The normalized spacial score (nSPS) is 37.3.